The van der Waals surface area contributed by atoms with Crippen LogP contribution in [0.5, 0.6) is 5.75 Å². The zero-order valence-electron chi connectivity index (χ0n) is 13.1. The Kier molecular flexibility index (Phi) is 5.74. The zero-order valence-corrected chi connectivity index (χ0v) is 13.1. The summed E-state index contributed by atoms with van der Waals surface area (Å²) in [6, 6.07) is 13.9. The third-order valence-electron chi connectivity index (χ3n) is 3.14. The molecule has 0 spiro atoms. The number of hydrogen-bond acceptors (Lipinski definition) is 5. The predicted octanol–water partition coefficient (Wildman–Crippen LogP) is 3.23. The molecule has 0 saturated heterocycles. The standard InChI is InChI=1S/C18H18O5/c1-3-22-16-11-14(17(19)21-2)9-10-15(16)18(20)23-12-13-7-5-4-6-8-13/h4-11H,3,12H2,1-2H3. The predicted molar refractivity (Wildman–Crippen MR) is 84.5 cm³/mol. The van der Waals surface area contributed by atoms with Crippen LogP contribution >= 0.6 is 0 Å². The Morgan fingerprint density at radius 1 is 1.00 bits per heavy atom. The lowest BCUT2D eigenvalue weighted by Crippen LogP contribution is -2.10. The molecular formula is C18H18O5. The first kappa shape index (κ1) is 16.5. The fourth-order valence-corrected chi connectivity index (χ4v) is 2.01. The maximum absolute atomic E-state index is 12.2. The SMILES string of the molecule is CCOc1cc(C(=O)OC)ccc1C(=O)OCc1ccccc1. The average molecular weight is 314 g/mol. The van der Waals surface area contributed by atoms with Gasteiger partial charge in [-0.1, -0.05) is 30.3 Å². The minimum absolute atomic E-state index is 0.171. The van der Waals surface area contributed by atoms with Crippen LogP contribution in [0.4, 0.5) is 0 Å². The molecule has 0 aliphatic rings. The molecule has 23 heavy (non-hydrogen) atoms. The summed E-state index contributed by atoms with van der Waals surface area (Å²) in [5, 5.41) is 0. The van der Waals surface area contributed by atoms with E-state index in [2.05, 4.69) is 4.74 Å². The molecular weight excluding hydrogens is 296 g/mol. The molecule has 2 rings (SSSR count). The number of ether oxygens (including phenoxy) is 3. The molecule has 0 N–H and O–H groups in total. The number of carbonyl (C=O) groups excluding carboxylic acids is 2. The van der Waals surface area contributed by atoms with Gasteiger partial charge in [0.2, 0.25) is 0 Å². The normalized spacial score (nSPS) is 10.0. The van der Waals surface area contributed by atoms with Crippen molar-refractivity contribution in [3.8, 4) is 5.75 Å². The van der Waals surface area contributed by atoms with Gasteiger partial charge in [0.15, 0.2) is 0 Å². The van der Waals surface area contributed by atoms with Crippen molar-refractivity contribution in [2.24, 2.45) is 0 Å². The second kappa shape index (κ2) is 7.98. The molecule has 0 bridgehead atoms. The summed E-state index contributed by atoms with van der Waals surface area (Å²) in [7, 11) is 1.30. The summed E-state index contributed by atoms with van der Waals surface area (Å²) < 4.78 is 15.4. The van der Waals surface area contributed by atoms with E-state index in [0.29, 0.717) is 17.9 Å². The van der Waals surface area contributed by atoms with Gasteiger partial charge >= 0.3 is 11.9 Å². The van der Waals surface area contributed by atoms with E-state index in [1.165, 1.54) is 25.3 Å². The van der Waals surface area contributed by atoms with E-state index in [0.717, 1.165) is 5.56 Å². The first-order valence-electron chi connectivity index (χ1n) is 7.22. The number of hydrogen-bond donors (Lipinski definition) is 0. The molecule has 0 aromatic heterocycles. The molecule has 0 atom stereocenters. The summed E-state index contributed by atoms with van der Waals surface area (Å²) in [6.07, 6.45) is 0. The van der Waals surface area contributed by atoms with E-state index in [-0.39, 0.29) is 12.2 Å². The van der Waals surface area contributed by atoms with Crippen LogP contribution in [0.3, 0.4) is 0 Å². The van der Waals surface area contributed by atoms with Gasteiger partial charge in [-0.3, -0.25) is 0 Å². The Bertz CT molecular complexity index is 679. The highest BCUT2D eigenvalue weighted by molar-refractivity contribution is 5.96. The topological polar surface area (TPSA) is 61.8 Å². The Morgan fingerprint density at radius 2 is 1.74 bits per heavy atom. The lowest BCUT2D eigenvalue weighted by atomic mass is 10.1. The summed E-state index contributed by atoms with van der Waals surface area (Å²) >= 11 is 0. The minimum atomic E-state index is -0.506. The fourth-order valence-electron chi connectivity index (χ4n) is 2.01. The van der Waals surface area contributed by atoms with Crippen LogP contribution in [0.15, 0.2) is 48.5 Å². The quantitative estimate of drug-likeness (QED) is 0.766. The van der Waals surface area contributed by atoms with Crippen LogP contribution in [0.2, 0.25) is 0 Å². The van der Waals surface area contributed by atoms with Crippen molar-refractivity contribution < 1.29 is 23.8 Å². The highest BCUT2D eigenvalue weighted by atomic mass is 16.5. The van der Waals surface area contributed by atoms with Gasteiger partial charge in [0.1, 0.15) is 17.9 Å². The van der Waals surface area contributed by atoms with E-state index < -0.39 is 11.9 Å². The molecule has 0 radical (unpaired) electrons. The molecule has 0 heterocycles. The van der Waals surface area contributed by atoms with Gasteiger partial charge in [0, 0.05) is 0 Å². The Labute approximate surface area is 134 Å². The Morgan fingerprint density at radius 3 is 2.39 bits per heavy atom. The number of methoxy groups -OCH3 is 1. The van der Waals surface area contributed by atoms with Crippen LogP contribution in [-0.4, -0.2) is 25.7 Å². The number of rotatable bonds is 6. The van der Waals surface area contributed by atoms with Gasteiger partial charge in [-0.15, -0.1) is 0 Å². The maximum Gasteiger partial charge on any atom is 0.342 e. The first-order chi connectivity index (χ1) is 11.2. The smallest absolute Gasteiger partial charge is 0.342 e. The number of benzene rings is 2. The van der Waals surface area contributed by atoms with Crippen molar-refractivity contribution in [3.63, 3.8) is 0 Å². The molecule has 0 amide bonds. The number of carbonyl (C=O) groups is 2. The minimum Gasteiger partial charge on any atom is -0.493 e. The van der Waals surface area contributed by atoms with Crippen molar-refractivity contribution >= 4 is 11.9 Å². The highest BCUT2D eigenvalue weighted by Crippen LogP contribution is 2.22. The summed E-state index contributed by atoms with van der Waals surface area (Å²) in [6.45, 7) is 2.33. The molecule has 0 aliphatic heterocycles. The highest BCUT2D eigenvalue weighted by Gasteiger charge is 2.17. The van der Waals surface area contributed by atoms with Gasteiger partial charge < -0.3 is 14.2 Å². The van der Waals surface area contributed by atoms with Gasteiger partial charge in [-0.2, -0.15) is 0 Å². The van der Waals surface area contributed by atoms with E-state index in [9.17, 15) is 9.59 Å². The van der Waals surface area contributed by atoms with E-state index in [1.54, 1.807) is 6.92 Å². The van der Waals surface area contributed by atoms with E-state index in [4.69, 9.17) is 9.47 Å². The average Bonchev–Trinajstić information content (AvgIpc) is 2.60. The van der Waals surface area contributed by atoms with Crippen molar-refractivity contribution in [1.82, 2.24) is 0 Å². The summed E-state index contributed by atoms with van der Waals surface area (Å²) in [4.78, 5) is 23.8. The molecule has 5 nitrogen and oxygen atoms in total. The number of esters is 2. The zero-order chi connectivity index (χ0) is 16.7. The fraction of sp³-hybridized carbons (Fsp3) is 0.222. The second-order valence-electron chi connectivity index (χ2n) is 4.70. The molecule has 0 fully saturated rings. The maximum atomic E-state index is 12.2. The van der Waals surface area contributed by atoms with Gasteiger partial charge in [0.25, 0.3) is 0 Å². The van der Waals surface area contributed by atoms with Crippen LogP contribution in [0.1, 0.15) is 33.2 Å². The summed E-state index contributed by atoms with van der Waals surface area (Å²) in [5.41, 5.74) is 1.48. The van der Waals surface area contributed by atoms with E-state index in [1.807, 2.05) is 30.3 Å². The van der Waals surface area contributed by atoms with Crippen LogP contribution in [0.25, 0.3) is 0 Å². The lowest BCUT2D eigenvalue weighted by Gasteiger charge is -2.11. The molecule has 120 valence electrons. The third-order valence-corrected chi connectivity index (χ3v) is 3.14. The second-order valence-corrected chi connectivity index (χ2v) is 4.70. The van der Waals surface area contributed by atoms with Gasteiger partial charge in [-0.05, 0) is 30.7 Å². The van der Waals surface area contributed by atoms with Crippen LogP contribution in [-0.2, 0) is 16.1 Å². The van der Waals surface area contributed by atoms with Crippen molar-refractivity contribution in [3.05, 3.63) is 65.2 Å². The monoisotopic (exact) mass is 314 g/mol. The molecule has 0 unspecified atom stereocenters. The molecule has 2 aromatic carbocycles. The van der Waals surface area contributed by atoms with Crippen molar-refractivity contribution in [2.75, 3.05) is 13.7 Å². The van der Waals surface area contributed by atoms with Crippen LogP contribution < -0.4 is 4.74 Å². The molecule has 2 aromatic rings. The van der Waals surface area contributed by atoms with Crippen LogP contribution in [0, 0.1) is 0 Å². The Balaban J connectivity index is 2.16. The molecule has 5 heteroatoms. The van der Waals surface area contributed by atoms with Crippen molar-refractivity contribution in [1.29, 1.82) is 0 Å². The van der Waals surface area contributed by atoms with E-state index >= 15 is 0 Å². The molecule has 0 saturated carbocycles. The largest absolute Gasteiger partial charge is 0.493 e. The molecule has 0 aliphatic carbocycles. The third kappa shape index (κ3) is 4.32. The first-order valence-corrected chi connectivity index (χ1v) is 7.22. The van der Waals surface area contributed by atoms with Gasteiger partial charge in [0.05, 0.1) is 19.3 Å². The summed E-state index contributed by atoms with van der Waals surface area (Å²) in [5.74, 6) is -0.697. The lowest BCUT2D eigenvalue weighted by molar-refractivity contribution is 0.0466. The Hall–Kier alpha value is -2.82. The van der Waals surface area contributed by atoms with Crippen molar-refractivity contribution in [2.45, 2.75) is 13.5 Å². The van der Waals surface area contributed by atoms with Gasteiger partial charge in [-0.25, -0.2) is 9.59 Å².